The summed E-state index contributed by atoms with van der Waals surface area (Å²) in [4.78, 5) is 11.9. The van der Waals surface area contributed by atoms with Crippen molar-refractivity contribution in [3.05, 3.63) is 35.9 Å². The van der Waals surface area contributed by atoms with E-state index in [2.05, 4.69) is 5.32 Å². The van der Waals surface area contributed by atoms with Gasteiger partial charge in [0.2, 0.25) is 0 Å². The Morgan fingerprint density at radius 2 is 2.00 bits per heavy atom. The van der Waals surface area contributed by atoms with E-state index in [4.69, 9.17) is 10.5 Å². The van der Waals surface area contributed by atoms with Gasteiger partial charge in [-0.25, -0.2) is 0 Å². The molecule has 0 spiro atoms. The molecule has 4 nitrogen and oxygen atoms in total. The number of methoxy groups -OCH3 is 1. The molecule has 1 atom stereocenters. The van der Waals surface area contributed by atoms with Crippen LogP contribution in [0.15, 0.2) is 30.3 Å². The van der Waals surface area contributed by atoms with Crippen LogP contribution in [0, 0.1) is 0 Å². The maximum atomic E-state index is 11.9. The summed E-state index contributed by atoms with van der Waals surface area (Å²) in [7, 11) is 1.55. The van der Waals surface area contributed by atoms with Gasteiger partial charge in [0.25, 0.3) is 5.91 Å². The minimum atomic E-state index is -0.527. The molecule has 1 rings (SSSR count). The zero-order chi connectivity index (χ0) is 13.2. The average Bonchev–Trinajstić information content (AvgIpc) is 2.40. The van der Waals surface area contributed by atoms with Crippen molar-refractivity contribution < 1.29 is 9.53 Å². The normalized spacial score (nSPS) is 12.1. The molecule has 0 fully saturated rings. The van der Waals surface area contributed by atoms with Crippen LogP contribution in [0.1, 0.15) is 30.9 Å². The Morgan fingerprint density at radius 1 is 1.28 bits per heavy atom. The first-order valence-electron chi connectivity index (χ1n) is 6.35. The predicted molar refractivity (Wildman–Crippen MR) is 72.1 cm³/mol. The van der Waals surface area contributed by atoms with Gasteiger partial charge < -0.3 is 15.8 Å². The van der Waals surface area contributed by atoms with Crippen LogP contribution in [0.5, 0.6) is 0 Å². The molecule has 3 N–H and O–H groups in total. The van der Waals surface area contributed by atoms with Crippen molar-refractivity contribution in [3.63, 3.8) is 0 Å². The molecular weight excluding hydrogens is 228 g/mol. The number of ether oxygens (including phenoxy) is 1. The van der Waals surface area contributed by atoms with Crippen LogP contribution < -0.4 is 11.1 Å². The van der Waals surface area contributed by atoms with Crippen LogP contribution in [0.4, 0.5) is 0 Å². The first-order chi connectivity index (χ1) is 8.79. The summed E-state index contributed by atoms with van der Waals surface area (Å²) in [5.41, 5.74) is 6.28. The fourth-order valence-corrected chi connectivity index (χ4v) is 1.77. The van der Waals surface area contributed by atoms with E-state index in [1.165, 1.54) is 0 Å². The second-order valence-corrected chi connectivity index (χ2v) is 4.17. The molecule has 1 aromatic carbocycles. The Bertz CT molecular complexity index is 341. The van der Waals surface area contributed by atoms with Crippen LogP contribution in [0.25, 0.3) is 0 Å². The maximum Gasteiger partial charge on any atom is 0.253 e. The standard InChI is InChI=1S/C14H22N2O2/c1-18-13(12-8-4-2-5-9-12)14(17)16-11-7-3-6-10-15/h2,4-5,8-9,13H,3,6-7,10-11,15H2,1H3,(H,16,17). The van der Waals surface area contributed by atoms with Crippen LogP contribution in [0.3, 0.4) is 0 Å². The monoisotopic (exact) mass is 250 g/mol. The number of carbonyl (C=O) groups excluding carboxylic acids is 1. The lowest BCUT2D eigenvalue weighted by Gasteiger charge is -2.15. The molecule has 0 aliphatic carbocycles. The third kappa shape index (κ3) is 4.85. The Labute approximate surface area is 109 Å². The molecule has 100 valence electrons. The predicted octanol–water partition coefficient (Wildman–Crippen LogP) is 1.62. The fourth-order valence-electron chi connectivity index (χ4n) is 1.77. The van der Waals surface area contributed by atoms with Crippen molar-refractivity contribution in [2.24, 2.45) is 5.73 Å². The molecule has 1 aromatic rings. The van der Waals surface area contributed by atoms with Crippen LogP contribution in [-0.2, 0) is 9.53 Å². The SMILES string of the molecule is COC(C(=O)NCCCCCN)c1ccccc1. The number of nitrogens with one attached hydrogen (secondary N) is 1. The lowest BCUT2D eigenvalue weighted by Crippen LogP contribution is -2.31. The Kier molecular flexibility index (Phi) is 7.06. The number of nitrogens with two attached hydrogens (primary N) is 1. The third-order valence-electron chi connectivity index (χ3n) is 2.76. The van der Waals surface area contributed by atoms with Crippen molar-refractivity contribution in [1.29, 1.82) is 0 Å². The molecule has 1 unspecified atom stereocenters. The molecule has 0 heterocycles. The van der Waals surface area contributed by atoms with E-state index in [9.17, 15) is 4.79 Å². The number of carbonyl (C=O) groups is 1. The second kappa shape index (κ2) is 8.66. The molecule has 0 saturated heterocycles. The number of rotatable bonds is 8. The number of unbranched alkanes of at least 4 members (excludes halogenated alkanes) is 2. The molecule has 0 radical (unpaired) electrons. The highest BCUT2D eigenvalue weighted by molar-refractivity contribution is 5.82. The summed E-state index contributed by atoms with van der Waals surface area (Å²) in [6.07, 6.45) is 2.47. The number of benzene rings is 1. The first-order valence-corrected chi connectivity index (χ1v) is 6.35. The second-order valence-electron chi connectivity index (χ2n) is 4.17. The topological polar surface area (TPSA) is 64.3 Å². The third-order valence-corrected chi connectivity index (χ3v) is 2.76. The summed E-state index contributed by atoms with van der Waals surface area (Å²) in [6, 6.07) is 9.50. The van der Waals surface area contributed by atoms with Gasteiger partial charge in [0.1, 0.15) is 0 Å². The van der Waals surface area contributed by atoms with Gasteiger partial charge in [-0.15, -0.1) is 0 Å². The van der Waals surface area contributed by atoms with E-state index < -0.39 is 6.10 Å². The van der Waals surface area contributed by atoms with Gasteiger partial charge in [-0.3, -0.25) is 4.79 Å². The molecule has 0 aliphatic rings. The first kappa shape index (κ1) is 14.7. The van der Waals surface area contributed by atoms with Crippen LogP contribution in [0.2, 0.25) is 0 Å². The molecular formula is C14H22N2O2. The van der Waals surface area contributed by atoms with Crippen molar-refractivity contribution in [3.8, 4) is 0 Å². The molecule has 0 saturated carbocycles. The molecule has 18 heavy (non-hydrogen) atoms. The van der Waals surface area contributed by atoms with Gasteiger partial charge >= 0.3 is 0 Å². The number of hydrogen-bond donors (Lipinski definition) is 2. The summed E-state index contributed by atoms with van der Waals surface area (Å²) in [5, 5.41) is 2.89. The highest BCUT2D eigenvalue weighted by atomic mass is 16.5. The van der Waals surface area contributed by atoms with E-state index in [1.54, 1.807) is 7.11 Å². The Hall–Kier alpha value is -1.39. The Balaban J connectivity index is 2.39. The fraction of sp³-hybridized carbons (Fsp3) is 0.500. The quantitative estimate of drug-likeness (QED) is 0.689. The smallest absolute Gasteiger partial charge is 0.253 e. The summed E-state index contributed by atoms with van der Waals surface area (Å²) >= 11 is 0. The van der Waals surface area contributed by atoms with E-state index in [-0.39, 0.29) is 5.91 Å². The van der Waals surface area contributed by atoms with Gasteiger partial charge in [0.05, 0.1) is 0 Å². The highest BCUT2D eigenvalue weighted by Gasteiger charge is 2.18. The van der Waals surface area contributed by atoms with Gasteiger partial charge in [0.15, 0.2) is 6.10 Å². The number of hydrogen-bond acceptors (Lipinski definition) is 3. The van der Waals surface area contributed by atoms with E-state index in [0.717, 1.165) is 24.8 Å². The average molecular weight is 250 g/mol. The summed E-state index contributed by atoms with van der Waals surface area (Å²) in [6.45, 7) is 1.38. The molecule has 4 heteroatoms. The summed E-state index contributed by atoms with van der Waals surface area (Å²) in [5.74, 6) is -0.0866. The zero-order valence-corrected chi connectivity index (χ0v) is 10.9. The largest absolute Gasteiger partial charge is 0.367 e. The zero-order valence-electron chi connectivity index (χ0n) is 10.9. The highest BCUT2D eigenvalue weighted by Crippen LogP contribution is 2.15. The lowest BCUT2D eigenvalue weighted by molar-refractivity contribution is -0.131. The van der Waals surface area contributed by atoms with Crippen molar-refractivity contribution >= 4 is 5.91 Å². The summed E-state index contributed by atoms with van der Waals surface area (Å²) < 4.78 is 5.24. The minimum Gasteiger partial charge on any atom is -0.367 e. The van der Waals surface area contributed by atoms with Gasteiger partial charge in [-0.05, 0) is 24.9 Å². The molecule has 1 amide bonds. The van der Waals surface area contributed by atoms with E-state index in [1.807, 2.05) is 30.3 Å². The van der Waals surface area contributed by atoms with Crippen LogP contribution >= 0.6 is 0 Å². The van der Waals surface area contributed by atoms with Gasteiger partial charge in [-0.2, -0.15) is 0 Å². The van der Waals surface area contributed by atoms with Gasteiger partial charge in [0, 0.05) is 13.7 Å². The molecule has 0 aliphatic heterocycles. The number of amides is 1. The van der Waals surface area contributed by atoms with E-state index >= 15 is 0 Å². The lowest BCUT2D eigenvalue weighted by atomic mass is 10.1. The van der Waals surface area contributed by atoms with Crippen molar-refractivity contribution in [2.45, 2.75) is 25.4 Å². The molecule has 0 aromatic heterocycles. The van der Waals surface area contributed by atoms with Crippen LogP contribution in [-0.4, -0.2) is 26.1 Å². The van der Waals surface area contributed by atoms with E-state index in [0.29, 0.717) is 13.1 Å². The van der Waals surface area contributed by atoms with Gasteiger partial charge in [-0.1, -0.05) is 36.8 Å². The van der Waals surface area contributed by atoms with Crippen molar-refractivity contribution in [2.75, 3.05) is 20.2 Å². The molecule has 0 bridgehead atoms. The Morgan fingerprint density at radius 3 is 2.61 bits per heavy atom. The maximum absolute atomic E-state index is 11.9. The van der Waals surface area contributed by atoms with Crippen molar-refractivity contribution in [1.82, 2.24) is 5.32 Å². The minimum absolute atomic E-state index is 0.0866.